The Balaban J connectivity index is 1.73. The summed E-state index contributed by atoms with van der Waals surface area (Å²) < 4.78 is 3.46. The van der Waals surface area contributed by atoms with Crippen LogP contribution in [0.4, 0.5) is 0 Å². The zero-order valence-corrected chi connectivity index (χ0v) is 13.9. The number of benzene rings is 2. The smallest absolute Gasteiger partial charge is 0.164 e. The molecule has 0 aliphatic heterocycles. The molecule has 0 aliphatic rings. The summed E-state index contributed by atoms with van der Waals surface area (Å²) in [7, 11) is 0. The van der Waals surface area contributed by atoms with Gasteiger partial charge in [-0.2, -0.15) is 9.36 Å². The Bertz CT molecular complexity index is 935. The van der Waals surface area contributed by atoms with Gasteiger partial charge in [0.1, 0.15) is 0 Å². The van der Waals surface area contributed by atoms with E-state index in [1.807, 2.05) is 62.4 Å². The Morgan fingerprint density at radius 1 is 0.680 bits per heavy atom. The summed E-state index contributed by atoms with van der Waals surface area (Å²) in [4.78, 5) is 0. The molecule has 2 aromatic heterocycles. The van der Waals surface area contributed by atoms with Crippen molar-refractivity contribution in [3.63, 3.8) is 0 Å². The number of hydrogen-bond acceptors (Lipinski definition) is 6. The van der Waals surface area contributed by atoms with Crippen molar-refractivity contribution in [3.8, 4) is 11.4 Å². The van der Waals surface area contributed by atoms with E-state index < -0.39 is 0 Å². The fraction of sp³-hybridized carbons (Fsp3) is 0.176. The lowest BCUT2D eigenvalue weighted by Crippen LogP contribution is -2.10. The highest BCUT2D eigenvalue weighted by molar-refractivity contribution is 5.41. The number of tetrazole rings is 2. The van der Waals surface area contributed by atoms with E-state index in [2.05, 4.69) is 31.1 Å². The third kappa shape index (κ3) is 2.78. The third-order valence-corrected chi connectivity index (χ3v) is 4.07. The molecule has 0 N–H and O–H groups in total. The molecule has 0 aliphatic carbocycles. The van der Waals surface area contributed by atoms with E-state index >= 15 is 0 Å². The first kappa shape index (κ1) is 15.1. The van der Waals surface area contributed by atoms with Crippen molar-refractivity contribution in [2.45, 2.75) is 20.3 Å². The van der Waals surface area contributed by atoms with Gasteiger partial charge in [0.2, 0.25) is 0 Å². The van der Waals surface area contributed by atoms with Crippen LogP contribution in [-0.4, -0.2) is 40.4 Å². The summed E-state index contributed by atoms with van der Waals surface area (Å²) in [5.41, 5.74) is 4.07. The standard InChI is InChI=1S/C17H16N8/c1-12-7-3-5-9-14(12)24-16(18-20-22-24)11-17-19-21-23-25(17)15-10-6-4-8-13(15)2/h3-10H,11H2,1-2H3. The van der Waals surface area contributed by atoms with Gasteiger partial charge in [0.15, 0.2) is 11.6 Å². The van der Waals surface area contributed by atoms with Crippen LogP contribution in [-0.2, 0) is 6.42 Å². The summed E-state index contributed by atoms with van der Waals surface area (Å²) in [6.45, 7) is 4.05. The fourth-order valence-corrected chi connectivity index (χ4v) is 2.75. The van der Waals surface area contributed by atoms with Crippen LogP contribution >= 0.6 is 0 Å². The van der Waals surface area contributed by atoms with Gasteiger partial charge in [0, 0.05) is 0 Å². The molecule has 2 heterocycles. The highest BCUT2D eigenvalue weighted by Crippen LogP contribution is 2.17. The van der Waals surface area contributed by atoms with Crippen LogP contribution in [0.3, 0.4) is 0 Å². The van der Waals surface area contributed by atoms with Crippen molar-refractivity contribution in [2.75, 3.05) is 0 Å². The molecular formula is C17H16N8. The Labute approximate surface area is 144 Å². The molecule has 8 nitrogen and oxygen atoms in total. The lowest BCUT2D eigenvalue weighted by atomic mass is 10.2. The third-order valence-electron chi connectivity index (χ3n) is 4.07. The van der Waals surface area contributed by atoms with Gasteiger partial charge < -0.3 is 0 Å². The Hall–Kier alpha value is -3.42. The Morgan fingerprint density at radius 3 is 1.56 bits per heavy atom. The molecule has 124 valence electrons. The number of hydrogen-bond donors (Lipinski definition) is 0. The molecule has 2 aromatic carbocycles. The maximum Gasteiger partial charge on any atom is 0.164 e. The van der Waals surface area contributed by atoms with E-state index in [1.165, 1.54) is 0 Å². The second kappa shape index (κ2) is 6.23. The first-order valence-electron chi connectivity index (χ1n) is 7.90. The molecule has 0 fully saturated rings. The topological polar surface area (TPSA) is 87.2 Å². The van der Waals surface area contributed by atoms with Crippen molar-refractivity contribution < 1.29 is 0 Å². The van der Waals surface area contributed by atoms with Gasteiger partial charge in [-0.1, -0.05) is 36.4 Å². The maximum atomic E-state index is 4.16. The van der Waals surface area contributed by atoms with Crippen molar-refractivity contribution >= 4 is 0 Å². The fourth-order valence-electron chi connectivity index (χ4n) is 2.75. The average Bonchev–Trinajstić information content (AvgIpc) is 3.26. The summed E-state index contributed by atoms with van der Waals surface area (Å²) in [5.74, 6) is 1.36. The monoisotopic (exact) mass is 332 g/mol. The number of aromatic nitrogens is 8. The Morgan fingerprint density at radius 2 is 1.12 bits per heavy atom. The molecule has 0 unspecified atom stereocenters. The van der Waals surface area contributed by atoms with Crippen LogP contribution in [0.5, 0.6) is 0 Å². The normalized spacial score (nSPS) is 11.0. The lowest BCUT2D eigenvalue weighted by Gasteiger charge is -2.09. The largest absolute Gasteiger partial charge is 0.197 e. The minimum absolute atomic E-state index is 0.419. The zero-order chi connectivity index (χ0) is 17.2. The summed E-state index contributed by atoms with van der Waals surface area (Å²) in [6, 6.07) is 15.9. The molecule has 0 saturated heterocycles. The van der Waals surface area contributed by atoms with Crippen molar-refractivity contribution in [1.29, 1.82) is 0 Å². The van der Waals surface area contributed by atoms with Gasteiger partial charge >= 0.3 is 0 Å². The van der Waals surface area contributed by atoms with E-state index in [9.17, 15) is 0 Å². The summed E-state index contributed by atoms with van der Waals surface area (Å²) in [5, 5.41) is 24.2. The maximum absolute atomic E-state index is 4.16. The molecular weight excluding hydrogens is 316 g/mol. The number of para-hydroxylation sites is 2. The van der Waals surface area contributed by atoms with Gasteiger partial charge in [-0.15, -0.1) is 10.2 Å². The van der Waals surface area contributed by atoms with E-state index in [0.29, 0.717) is 18.1 Å². The van der Waals surface area contributed by atoms with Gasteiger partial charge in [0.25, 0.3) is 0 Å². The lowest BCUT2D eigenvalue weighted by molar-refractivity contribution is 0.736. The average molecular weight is 332 g/mol. The molecule has 0 saturated carbocycles. The second-order valence-electron chi connectivity index (χ2n) is 5.76. The van der Waals surface area contributed by atoms with Crippen LogP contribution in [0.15, 0.2) is 48.5 Å². The van der Waals surface area contributed by atoms with Crippen LogP contribution in [0.2, 0.25) is 0 Å². The number of nitrogens with zero attached hydrogens (tertiary/aromatic N) is 8. The highest BCUT2D eigenvalue weighted by Gasteiger charge is 2.16. The molecule has 0 radical (unpaired) electrons. The zero-order valence-electron chi connectivity index (χ0n) is 13.9. The predicted molar refractivity (Wildman–Crippen MR) is 90.6 cm³/mol. The molecule has 0 atom stereocenters. The van der Waals surface area contributed by atoms with E-state index in [1.54, 1.807) is 9.36 Å². The summed E-state index contributed by atoms with van der Waals surface area (Å²) in [6.07, 6.45) is 0.419. The number of aryl methyl sites for hydroxylation is 2. The summed E-state index contributed by atoms with van der Waals surface area (Å²) >= 11 is 0. The molecule has 0 amide bonds. The van der Waals surface area contributed by atoms with Crippen molar-refractivity contribution in [3.05, 3.63) is 71.3 Å². The molecule has 4 aromatic rings. The van der Waals surface area contributed by atoms with Crippen LogP contribution in [0.25, 0.3) is 11.4 Å². The molecule has 25 heavy (non-hydrogen) atoms. The van der Waals surface area contributed by atoms with Crippen LogP contribution in [0, 0.1) is 13.8 Å². The predicted octanol–water partition coefficient (Wildman–Crippen LogP) is 1.85. The van der Waals surface area contributed by atoms with Crippen molar-refractivity contribution in [1.82, 2.24) is 40.4 Å². The van der Waals surface area contributed by atoms with Gasteiger partial charge in [-0.3, -0.25) is 0 Å². The van der Waals surface area contributed by atoms with Gasteiger partial charge in [-0.25, -0.2) is 0 Å². The quantitative estimate of drug-likeness (QED) is 0.567. The molecule has 8 heteroatoms. The first-order valence-corrected chi connectivity index (χ1v) is 7.90. The number of rotatable bonds is 4. The second-order valence-corrected chi connectivity index (χ2v) is 5.76. The highest BCUT2D eigenvalue weighted by atomic mass is 15.6. The van der Waals surface area contributed by atoms with Crippen LogP contribution in [0.1, 0.15) is 22.8 Å². The van der Waals surface area contributed by atoms with Gasteiger partial charge in [0.05, 0.1) is 17.8 Å². The Kier molecular flexibility index (Phi) is 3.77. The SMILES string of the molecule is Cc1ccccc1-n1nnnc1Cc1nnnn1-c1ccccc1C. The molecule has 0 spiro atoms. The van der Waals surface area contributed by atoms with E-state index in [-0.39, 0.29) is 0 Å². The molecule has 0 bridgehead atoms. The van der Waals surface area contributed by atoms with Gasteiger partial charge in [-0.05, 0) is 58.0 Å². The van der Waals surface area contributed by atoms with E-state index in [0.717, 1.165) is 22.5 Å². The first-order chi connectivity index (χ1) is 12.2. The minimum Gasteiger partial charge on any atom is -0.197 e. The van der Waals surface area contributed by atoms with Crippen molar-refractivity contribution in [2.24, 2.45) is 0 Å². The van der Waals surface area contributed by atoms with E-state index in [4.69, 9.17) is 0 Å². The molecule has 4 rings (SSSR count). The minimum atomic E-state index is 0.419. The van der Waals surface area contributed by atoms with Crippen LogP contribution < -0.4 is 0 Å².